The van der Waals surface area contributed by atoms with Gasteiger partial charge < -0.3 is 0 Å². The normalized spacial score (nSPS) is 14.2. The summed E-state index contributed by atoms with van der Waals surface area (Å²) in [6.07, 6.45) is 2.27. The molecular formula is C15H12ClN3. The van der Waals surface area contributed by atoms with Crippen LogP contribution in [0.2, 0.25) is 5.15 Å². The van der Waals surface area contributed by atoms with Crippen LogP contribution in [-0.2, 0) is 0 Å². The molecule has 3 rings (SSSR count). The molecule has 1 heterocycles. The van der Waals surface area contributed by atoms with E-state index >= 15 is 0 Å². The van der Waals surface area contributed by atoms with Crippen molar-refractivity contribution in [2.75, 3.05) is 0 Å². The molecule has 0 saturated heterocycles. The highest BCUT2D eigenvalue weighted by Gasteiger charge is 2.28. The molecule has 0 aliphatic heterocycles. The summed E-state index contributed by atoms with van der Waals surface area (Å²) in [5, 5.41) is 9.49. The maximum atomic E-state index is 8.98. The number of nitriles is 1. The van der Waals surface area contributed by atoms with E-state index in [0.29, 0.717) is 16.6 Å². The Morgan fingerprint density at radius 2 is 2.11 bits per heavy atom. The second-order valence-electron chi connectivity index (χ2n) is 4.81. The van der Waals surface area contributed by atoms with Gasteiger partial charge in [-0.2, -0.15) is 5.26 Å². The third-order valence-electron chi connectivity index (χ3n) is 3.31. The van der Waals surface area contributed by atoms with Crippen molar-refractivity contribution in [3.8, 4) is 17.3 Å². The lowest BCUT2D eigenvalue weighted by molar-refractivity contribution is 0.922. The van der Waals surface area contributed by atoms with Crippen LogP contribution in [0.4, 0.5) is 0 Å². The largest absolute Gasteiger partial charge is 0.232 e. The number of nitrogens with zero attached hydrogens (tertiary/aromatic N) is 3. The Hall–Kier alpha value is -1.92. The van der Waals surface area contributed by atoms with Crippen molar-refractivity contribution < 1.29 is 0 Å². The zero-order chi connectivity index (χ0) is 13.4. The van der Waals surface area contributed by atoms with Crippen molar-refractivity contribution in [1.29, 1.82) is 5.26 Å². The van der Waals surface area contributed by atoms with Crippen molar-refractivity contribution in [3.05, 3.63) is 46.4 Å². The first-order valence-corrected chi connectivity index (χ1v) is 6.61. The van der Waals surface area contributed by atoms with E-state index in [0.717, 1.165) is 35.5 Å². The molecule has 4 heteroatoms. The van der Waals surface area contributed by atoms with E-state index in [1.807, 2.05) is 25.1 Å². The SMILES string of the molecule is Cc1c(Cl)nc(C2CC2)nc1-c1cccc(C#N)c1. The van der Waals surface area contributed by atoms with Crippen LogP contribution in [0, 0.1) is 18.3 Å². The summed E-state index contributed by atoms with van der Waals surface area (Å²) >= 11 is 6.20. The number of aromatic nitrogens is 2. The van der Waals surface area contributed by atoms with Crippen molar-refractivity contribution >= 4 is 11.6 Å². The fourth-order valence-corrected chi connectivity index (χ4v) is 2.22. The maximum Gasteiger partial charge on any atom is 0.136 e. The van der Waals surface area contributed by atoms with Gasteiger partial charge in [-0.15, -0.1) is 0 Å². The number of hydrogen-bond donors (Lipinski definition) is 0. The third kappa shape index (κ3) is 2.32. The van der Waals surface area contributed by atoms with Crippen molar-refractivity contribution in [3.63, 3.8) is 0 Å². The average molecular weight is 270 g/mol. The first-order chi connectivity index (χ1) is 9.19. The molecule has 0 unspecified atom stereocenters. The Labute approximate surface area is 116 Å². The fourth-order valence-electron chi connectivity index (χ4n) is 2.05. The summed E-state index contributed by atoms with van der Waals surface area (Å²) in [7, 11) is 0. The summed E-state index contributed by atoms with van der Waals surface area (Å²) in [6, 6.07) is 9.57. The van der Waals surface area contributed by atoms with Gasteiger partial charge in [0.05, 0.1) is 17.3 Å². The van der Waals surface area contributed by atoms with E-state index in [2.05, 4.69) is 16.0 Å². The smallest absolute Gasteiger partial charge is 0.136 e. The molecule has 0 bridgehead atoms. The lowest BCUT2D eigenvalue weighted by atomic mass is 10.1. The number of halogens is 1. The van der Waals surface area contributed by atoms with Crippen molar-refractivity contribution in [2.24, 2.45) is 0 Å². The summed E-state index contributed by atoms with van der Waals surface area (Å²) in [6.45, 7) is 1.91. The minimum atomic E-state index is 0.455. The molecule has 0 amide bonds. The maximum absolute atomic E-state index is 8.98. The lowest BCUT2D eigenvalue weighted by Gasteiger charge is -2.09. The molecule has 1 aromatic heterocycles. The Kier molecular flexibility index (Phi) is 2.96. The third-order valence-corrected chi connectivity index (χ3v) is 3.68. The van der Waals surface area contributed by atoms with E-state index in [4.69, 9.17) is 16.9 Å². The lowest BCUT2D eigenvalue weighted by Crippen LogP contribution is -1.99. The summed E-state index contributed by atoms with van der Waals surface area (Å²) < 4.78 is 0. The predicted molar refractivity (Wildman–Crippen MR) is 73.9 cm³/mol. The van der Waals surface area contributed by atoms with Gasteiger partial charge in [-0.25, -0.2) is 9.97 Å². The van der Waals surface area contributed by atoms with Crippen LogP contribution in [0.1, 0.15) is 35.7 Å². The molecule has 0 spiro atoms. The van der Waals surface area contributed by atoms with Gasteiger partial charge in [-0.05, 0) is 31.9 Å². The van der Waals surface area contributed by atoms with Gasteiger partial charge in [0.25, 0.3) is 0 Å². The van der Waals surface area contributed by atoms with Crippen LogP contribution in [0.15, 0.2) is 24.3 Å². The van der Waals surface area contributed by atoms with E-state index in [1.165, 1.54) is 0 Å². The van der Waals surface area contributed by atoms with Crippen LogP contribution < -0.4 is 0 Å². The average Bonchev–Trinajstić information content (AvgIpc) is 3.26. The van der Waals surface area contributed by atoms with Crippen LogP contribution >= 0.6 is 11.6 Å². The first-order valence-electron chi connectivity index (χ1n) is 6.23. The molecule has 19 heavy (non-hydrogen) atoms. The Bertz CT molecular complexity index is 684. The van der Waals surface area contributed by atoms with Crippen molar-refractivity contribution in [1.82, 2.24) is 9.97 Å². The molecular weight excluding hydrogens is 258 g/mol. The highest BCUT2D eigenvalue weighted by Crippen LogP contribution is 2.40. The molecule has 3 nitrogen and oxygen atoms in total. The Morgan fingerprint density at radius 1 is 1.32 bits per heavy atom. The zero-order valence-corrected chi connectivity index (χ0v) is 11.3. The quantitative estimate of drug-likeness (QED) is 0.778. The number of rotatable bonds is 2. The zero-order valence-electron chi connectivity index (χ0n) is 10.5. The summed E-state index contributed by atoms with van der Waals surface area (Å²) in [5.74, 6) is 1.28. The van der Waals surface area contributed by atoms with Gasteiger partial charge in [0, 0.05) is 17.0 Å². The molecule has 94 valence electrons. The second-order valence-corrected chi connectivity index (χ2v) is 5.17. The van der Waals surface area contributed by atoms with E-state index < -0.39 is 0 Å². The molecule has 1 saturated carbocycles. The topological polar surface area (TPSA) is 49.6 Å². The molecule has 2 aromatic rings. The van der Waals surface area contributed by atoms with E-state index in [1.54, 1.807) is 6.07 Å². The molecule has 0 N–H and O–H groups in total. The minimum absolute atomic E-state index is 0.455. The van der Waals surface area contributed by atoms with Gasteiger partial charge in [0.2, 0.25) is 0 Å². The molecule has 1 fully saturated rings. The molecule has 0 radical (unpaired) electrons. The van der Waals surface area contributed by atoms with Crippen LogP contribution in [0.5, 0.6) is 0 Å². The summed E-state index contributed by atoms with van der Waals surface area (Å²) in [4.78, 5) is 8.99. The van der Waals surface area contributed by atoms with Gasteiger partial charge in [-0.1, -0.05) is 23.7 Å². The van der Waals surface area contributed by atoms with Crippen LogP contribution in [-0.4, -0.2) is 9.97 Å². The fraction of sp³-hybridized carbons (Fsp3) is 0.267. The van der Waals surface area contributed by atoms with Gasteiger partial charge in [0.15, 0.2) is 0 Å². The van der Waals surface area contributed by atoms with Gasteiger partial charge in [-0.3, -0.25) is 0 Å². The standard InChI is InChI=1S/C15H12ClN3/c1-9-13(12-4-2-3-10(7-12)8-17)18-15(11-5-6-11)19-14(9)16/h2-4,7,11H,5-6H2,1H3. The first kappa shape index (κ1) is 12.1. The van der Waals surface area contributed by atoms with Gasteiger partial charge in [0.1, 0.15) is 11.0 Å². The molecule has 1 aromatic carbocycles. The second kappa shape index (κ2) is 4.64. The Morgan fingerprint density at radius 3 is 2.79 bits per heavy atom. The van der Waals surface area contributed by atoms with Gasteiger partial charge >= 0.3 is 0 Å². The Balaban J connectivity index is 2.15. The molecule has 0 atom stereocenters. The highest BCUT2D eigenvalue weighted by molar-refractivity contribution is 6.30. The predicted octanol–water partition coefficient (Wildman–Crippen LogP) is 3.85. The summed E-state index contributed by atoms with van der Waals surface area (Å²) in [5.41, 5.74) is 3.24. The number of benzene rings is 1. The molecule has 1 aliphatic rings. The molecule has 1 aliphatic carbocycles. The number of hydrogen-bond acceptors (Lipinski definition) is 3. The van der Waals surface area contributed by atoms with E-state index in [9.17, 15) is 0 Å². The van der Waals surface area contributed by atoms with Crippen LogP contribution in [0.25, 0.3) is 11.3 Å². The minimum Gasteiger partial charge on any atom is -0.232 e. The van der Waals surface area contributed by atoms with Crippen LogP contribution in [0.3, 0.4) is 0 Å². The highest BCUT2D eigenvalue weighted by atomic mass is 35.5. The van der Waals surface area contributed by atoms with Crippen molar-refractivity contribution in [2.45, 2.75) is 25.7 Å². The monoisotopic (exact) mass is 269 g/mol. The van der Waals surface area contributed by atoms with E-state index in [-0.39, 0.29) is 0 Å².